The first-order valence-corrected chi connectivity index (χ1v) is 6.74. The molecule has 0 saturated heterocycles. The zero-order valence-corrected chi connectivity index (χ0v) is 11.8. The molecule has 2 N–H and O–H groups in total. The van der Waals surface area contributed by atoms with Crippen LogP contribution < -0.4 is 10.6 Å². The van der Waals surface area contributed by atoms with E-state index in [-0.39, 0.29) is 5.91 Å². The Kier molecular flexibility index (Phi) is 3.43. The molecule has 1 unspecified atom stereocenters. The third kappa shape index (κ3) is 2.46. The number of nitrogens with zero attached hydrogens (tertiary/aromatic N) is 1. The lowest BCUT2D eigenvalue weighted by atomic mass is 10.0. The third-order valence-corrected chi connectivity index (χ3v) is 3.37. The standard InChI is InChI=1S/C13H17BrN2O/c1-8(14)5-10-6-11-3-4-16(9(2)17)13(11)12(15)7-10/h6-8H,3-5,15H2,1-2H3. The SMILES string of the molecule is CC(=O)N1CCc2cc(CC(C)Br)cc(N)c21. The molecular weight excluding hydrogens is 280 g/mol. The number of carbonyl (C=O) groups is 1. The molecule has 0 bridgehead atoms. The second-order valence-corrected chi connectivity index (χ2v) is 6.16. The normalized spacial score (nSPS) is 15.8. The number of rotatable bonds is 2. The van der Waals surface area contributed by atoms with Gasteiger partial charge in [0.05, 0.1) is 11.4 Å². The van der Waals surface area contributed by atoms with Gasteiger partial charge in [-0.25, -0.2) is 0 Å². The van der Waals surface area contributed by atoms with E-state index in [1.807, 2.05) is 6.07 Å². The lowest BCUT2D eigenvalue weighted by molar-refractivity contribution is -0.116. The highest BCUT2D eigenvalue weighted by atomic mass is 79.9. The Hall–Kier alpha value is -1.03. The molecule has 0 aromatic heterocycles. The summed E-state index contributed by atoms with van der Waals surface area (Å²) < 4.78 is 0. The lowest BCUT2D eigenvalue weighted by Crippen LogP contribution is -2.26. The van der Waals surface area contributed by atoms with Crippen LogP contribution in [-0.4, -0.2) is 17.3 Å². The van der Waals surface area contributed by atoms with Crippen LogP contribution in [0.25, 0.3) is 0 Å². The summed E-state index contributed by atoms with van der Waals surface area (Å²) in [5.74, 6) is 0.0667. The van der Waals surface area contributed by atoms with Crippen molar-refractivity contribution in [1.29, 1.82) is 0 Å². The summed E-state index contributed by atoms with van der Waals surface area (Å²) in [5, 5.41) is 0. The number of hydrogen-bond acceptors (Lipinski definition) is 2. The zero-order valence-electron chi connectivity index (χ0n) is 10.2. The van der Waals surface area contributed by atoms with Crippen LogP contribution in [0.2, 0.25) is 0 Å². The van der Waals surface area contributed by atoms with Gasteiger partial charge in [-0.1, -0.05) is 28.9 Å². The van der Waals surface area contributed by atoms with E-state index in [1.54, 1.807) is 11.8 Å². The average Bonchev–Trinajstić information content (AvgIpc) is 2.60. The highest BCUT2D eigenvalue weighted by Crippen LogP contribution is 2.35. The Morgan fingerprint density at radius 2 is 2.29 bits per heavy atom. The van der Waals surface area contributed by atoms with Crippen LogP contribution in [0.15, 0.2) is 12.1 Å². The molecule has 4 heteroatoms. The first kappa shape index (κ1) is 12.4. The molecule has 2 rings (SSSR count). The van der Waals surface area contributed by atoms with Crippen LogP contribution in [-0.2, 0) is 17.6 Å². The second-order valence-electron chi connectivity index (χ2n) is 4.60. The minimum Gasteiger partial charge on any atom is -0.397 e. The molecule has 1 aliphatic rings. The Labute approximate surface area is 110 Å². The lowest BCUT2D eigenvalue weighted by Gasteiger charge is -2.17. The van der Waals surface area contributed by atoms with Gasteiger partial charge in [-0.2, -0.15) is 0 Å². The number of fused-ring (bicyclic) bond motifs is 1. The van der Waals surface area contributed by atoms with Crippen molar-refractivity contribution in [1.82, 2.24) is 0 Å². The molecular formula is C13H17BrN2O. The van der Waals surface area contributed by atoms with Gasteiger partial charge in [0.2, 0.25) is 5.91 Å². The van der Waals surface area contributed by atoms with Gasteiger partial charge in [0.1, 0.15) is 0 Å². The molecule has 0 spiro atoms. The third-order valence-electron chi connectivity index (χ3n) is 3.05. The van der Waals surface area contributed by atoms with Crippen LogP contribution in [0.4, 0.5) is 11.4 Å². The van der Waals surface area contributed by atoms with E-state index in [9.17, 15) is 4.79 Å². The van der Waals surface area contributed by atoms with Crippen molar-refractivity contribution in [3.8, 4) is 0 Å². The average molecular weight is 297 g/mol. The zero-order chi connectivity index (χ0) is 12.6. The molecule has 92 valence electrons. The van der Waals surface area contributed by atoms with Crippen molar-refractivity contribution in [2.45, 2.75) is 31.5 Å². The number of carbonyl (C=O) groups excluding carboxylic acids is 1. The molecule has 0 saturated carbocycles. The quantitative estimate of drug-likeness (QED) is 0.673. The van der Waals surface area contributed by atoms with Crippen molar-refractivity contribution < 1.29 is 4.79 Å². The maximum Gasteiger partial charge on any atom is 0.223 e. The van der Waals surface area contributed by atoms with Crippen LogP contribution in [0.3, 0.4) is 0 Å². The van der Waals surface area contributed by atoms with Crippen molar-refractivity contribution in [3.63, 3.8) is 0 Å². The fraction of sp³-hybridized carbons (Fsp3) is 0.462. The number of nitrogen functional groups attached to an aromatic ring is 1. The van der Waals surface area contributed by atoms with Crippen molar-refractivity contribution >= 4 is 33.2 Å². The van der Waals surface area contributed by atoms with Crippen LogP contribution in [0.5, 0.6) is 0 Å². The van der Waals surface area contributed by atoms with Crippen LogP contribution >= 0.6 is 15.9 Å². The van der Waals surface area contributed by atoms with E-state index in [4.69, 9.17) is 5.73 Å². The van der Waals surface area contributed by atoms with Crippen molar-refractivity contribution in [2.24, 2.45) is 0 Å². The summed E-state index contributed by atoms with van der Waals surface area (Å²) in [5.41, 5.74) is 10.1. The Morgan fingerprint density at radius 3 is 2.88 bits per heavy atom. The molecule has 1 aromatic rings. The van der Waals surface area contributed by atoms with Gasteiger partial charge < -0.3 is 10.6 Å². The van der Waals surface area contributed by atoms with E-state index >= 15 is 0 Å². The van der Waals surface area contributed by atoms with Gasteiger partial charge in [-0.05, 0) is 30.0 Å². The minimum atomic E-state index is 0.0667. The first-order valence-electron chi connectivity index (χ1n) is 5.82. The molecule has 1 atom stereocenters. The van der Waals surface area contributed by atoms with E-state index in [2.05, 4.69) is 28.9 Å². The van der Waals surface area contributed by atoms with E-state index in [0.717, 1.165) is 30.8 Å². The van der Waals surface area contributed by atoms with E-state index < -0.39 is 0 Å². The van der Waals surface area contributed by atoms with Gasteiger partial charge >= 0.3 is 0 Å². The molecule has 1 amide bonds. The number of alkyl halides is 1. The molecule has 17 heavy (non-hydrogen) atoms. The van der Waals surface area contributed by atoms with Gasteiger partial charge in [-0.15, -0.1) is 0 Å². The molecule has 1 aliphatic heterocycles. The predicted molar refractivity (Wildman–Crippen MR) is 74.7 cm³/mol. The molecule has 1 heterocycles. The van der Waals surface area contributed by atoms with Crippen LogP contribution in [0.1, 0.15) is 25.0 Å². The summed E-state index contributed by atoms with van der Waals surface area (Å²) in [6, 6.07) is 4.16. The maximum absolute atomic E-state index is 11.5. The highest BCUT2D eigenvalue weighted by Gasteiger charge is 2.25. The predicted octanol–water partition coefficient (Wildman–Crippen LogP) is 2.50. The maximum atomic E-state index is 11.5. The first-order chi connectivity index (χ1) is 7.99. The smallest absolute Gasteiger partial charge is 0.223 e. The monoisotopic (exact) mass is 296 g/mol. The number of nitrogens with two attached hydrogens (primary N) is 1. The van der Waals surface area contributed by atoms with Gasteiger partial charge in [0.25, 0.3) is 0 Å². The summed E-state index contributed by atoms with van der Waals surface area (Å²) >= 11 is 3.55. The Morgan fingerprint density at radius 1 is 1.59 bits per heavy atom. The number of anilines is 2. The number of benzene rings is 1. The summed E-state index contributed by atoms with van der Waals surface area (Å²) in [4.78, 5) is 13.7. The second kappa shape index (κ2) is 4.69. The van der Waals surface area contributed by atoms with Crippen molar-refractivity contribution in [2.75, 3.05) is 17.2 Å². The van der Waals surface area contributed by atoms with E-state index in [0.29, 0.717) is 4.83 Å². The molecule has 0 radical (unpaired) electrons. The number of halogens is 1. The Balaban J connectivity index is 2.38. The molecule has 0 aliphatic carbocycles. The van der Waals surface area contributed by atoms with Crippen molar-refractivity contribution in [3.05, 3.63) is 23.3 Å². The summed E-state index contributed by atoms with van der Waals surface area (Å²) in [6.45, 7) is 4.45. The topological polar surface area (TPSA) is 46.3 Å². The number of hydrogen-bond donors (Lipinski definition) is 1. The largest absolute Gasteiger partial charge is 0.397 e. The number of amides is 1. The summed E-state index contributed by atoms with van der Waals surface area (Å²) in [7, 11) is 0. The highest BCUT2D eigenvalue weighted by molar-refractivity contribution is 9.09. The van der Waals surface area contributed by atoms with Crippen LogP contribution in [0, 0.1) is 0 Å². The molecule has 3 nitrogen and oxygen atoms in total. The minimum absolute atomic E-state index is 0.0667. The van der Waals surface area contributed by atoms with E-state index in [1.165, 1.54) is 11.1 Å². The Bertz CT molecular complexity index is 457. The summed E-state index contributed by atoms with van der Waals surface area (Å²) in [6.07, 6.45) is 1.86. The van der Waals surface area contributed by atoms with Gasteiger partial charge in [-0.3, -0.25) is 4.79 Å². The fourth-order valence-corrected chi connectivity index (χ4v) is 2.78. The molecule has 0 fully saturated rings. The fourth-order valence-electron chi connectivity index (χ4n) is 2.41. The molecule has 1 aromatic carbocycles. The van der Waals surface area contributed by atoms with Gasteiger partial charge in [0, 0.05) is 18.3 Å². The van der Waals surface area contributed by atoms with Gasteiger partial charge in [0.15, 0.2) is 0 Å².